The molecule has 0 amide bonds. The van der Waals surface area contributed by atoms with Crippen LogP contribution in [0.1, 0.15) is 31.0 Å². The Labute approximate surface area is 155 Å². The lowest BCUT2D eigenvalue weighted by Crippen LogP contribution is -2.35. The van der Waals surface area contributed by atoms with Crippen LogP contribution in [-0.2, 0) is 0 Å². The Morgan fingerprint density at radius 2 is 1.68 bits per heavy atom. The summed E-state index contributed by atoms with van der Waals surface area (Å²) in [5.74, 6) is 1.74. The Balaban J connectivity index is 2.13. The van der Waals surface area contributed by atoms with Crippen LogP contribution in [0.2, 0.25) is 0 Å². The van der Waals surface area contributed by atoms with Crippen molar-refractivity contribution >= 4 is 23.0 Å². The number of hydrogen-bond donors (Lipinski definition) is 2. The molecule has 5 heteroatoms. The van der Waals surface area contributed by atoms with Crippen molar-refractivity contribution in [3.63, 3.8) is 0 Å². The third-order valence-electron chi connectivity index (χ3n) is 4.12. The van der Waals surface area contributed by atoms with Gasteiger partial charge in [0, 0.05) is 11.8 Å². The summed E-state index contributed by atoms with van der Waals surface area (Å²) in [6, 6.07) is 14.1. The molecule has 0 radical (unpaired) electrons. The molecule has 0 bridgehead atoms. The van der Waals surface area contributed by atoms with E-state index in [1.54, 1.807) is 14.2 Å². The second kappa shape index (κ2) is 8.72. The summed E-state index contributed by atoms with van der Waals surface area (Å²) in [7, 11) is 3.23. The monoisotopic (exact) mass is 358 g/mol. The van der Waals surface area contributed by atoms with Crippen LogP contribution >= 0.6 is 12.2 Å². The van der Waals surface area contributed by atoms with Gasteiger partial charge in [0.05, 0.1) is 20.3 Å². The van der Waals surface area contributed by atoms with E-state index in [0.29, 0.717) is 22.5 Å². The van der Waals surface area contributed by atoms with Crippen LogP contribution in [0.4, 0.5) is 5.69 Å². The fourth-order valence-electron chi connectivity index (χ4n) is 2.76. The van der Waals surface area contributed by atoms with E-state index in [-0.39, 0.29) is 6.04 Å². The van der Waals surface area contributed by atoms with Crippen LogP contribution in [0.3, 0.4) is 0 Å². The van der Waals surface area contributed by atoms with Crippen LogP contribution < -0.4 is 20.1 Å². The van der Waals surface area contributed by atoms with Gasteiger partial charge in [-0.1, -0.05) is 38.1 Å². The van der Waals surface area contributed by atoms with Crippen LogP contribution in [-0.4, -0.2) is 19.3 Å². The molecular weight excluding hydrogens is 332 g/mol. The quantitative estimate of drug-likeness (QED) is 0.733. The molecule has 134 valence electrons. The Hall–Kier alpha value is -2.27. The lowest BCUT2D eigenvalue weighted by Gasteiger charge is -2.26. The number of ether oxygens (including phenoxy) is 2. The van der Waals surface area contributed by atoms with E-state index in [1.807, 2.05) is 18.2 Å². The van der Waals surface area contributed by atoms with Gasteiger partial charge >= 0.3 is 0 Å². The normalized spacial score (nSPS) is 11.8. The van der Waals surface area contributed by atoms with E-state index >= 15 is 0 Å². The fraction of sp³-hybridized carbons (Fsp3) is 0.350. The van der Waals surface area contributed by atoms with Gasteiger partial charge in [0.15, 0.2) is 16.6 Å². The minimum absolute atomic E-state index is 0.140. The van der Waals surface area contributed by atoms with Gasteiger partial charge in [-0.15, -0.1) is 0 Å². The zero-order chi connectivity index (χ0) is 18.4. The molecule has 2 aromatic rings. The van der Waals surface area contributed by atoms with Gasteiger partial charge in [-0.2, -0.15) is 0 Å². The lowest BCUT2D eigenvalue weighted by molar-refractivity contribution is 0.355. The molecule has 0 saturated carbocycles. The van der Waals surface area contributed by atoms with Crippen LogP contribution in [0.5, 0.6) is 11.5 Å². The fourth-order valence-corrected chi connectivity index (χ4v) is 3.01. The van der Waals surface area contributed by atoms with Gasteiger partial charge in [0.2, 0.25) is 0 Å². The van der Waals surface area contributed by atoms with Gasteiger partial charge in [0.25, 0.3) is 0 Å². The smallest absolute Gasteiger partial charge is 0.171 e. The minimum Gasteiger partial charge on any atom is -0.493 e. The highest BCUT2D eigenvalue weighted by atomic mass is 32.1. The Bertz CT molecular complexity index is 731. The topological polar surface area (TPSA) is 42.5 Å². The third kappa shape index (κ3) is 4.86. The van der Waals surface area contributed by atoms with Crippen molar-refractivity contribution < 1.29 is 9.47 Å². The summed E-state index contributed by atoms with van der Waals surface area (Å²) in [6.07, 6.45) is 0. The van der Waals surface area contributed by atoms with E-state index < -0.39 is 0 Å². The number of anilines is 1. The largest absolute Gasteiger partial charge is 0.493 e. The van der Waals surface area contributed by atoms with Gasteiger partial charge in [-0.25, -0.2) is 0 Å². The van der Waals surface area contributed by atoms with Crippen molar-refractivity contribution in [2.24, 2.45) is 5.92 Å². The van der Waals surface area contributed by atoms with Gasteiger partial charge in [-0.3, -0.25) is 0 Å². The number of hydrogen-bond acceptors (Lipinski definition) is 3. The Morgan fingerprint density at radius 1 is 1.00 bits per heavy atom. The number of benzene rings is 2. The molecule has 0 aliphatic heterocycles. The summed E-state index contributed by atoms with van der Waals surface area (Å²) in [4.78, 5) is 0. The molecule has 0 heterocycles. The number of nitrogens with one attached hydrogen (secondary N) is 2. The number of aryl methyl sites for hydroxylation is 1. The maximum atomic E-state index is 5.52. The van der Waals surface area contributed by atoms with Crippen LogP contribution in [0.25, 0.3) is 0 Å². The molecule has 1 atom stereocenters. The summed E-state index contributed by atoms with van der Waals surface area (Å²) >= 11 is 5.52. The molecule has 2 aromatic carbocycles. The molecule has 0 spiro atoms. The standard InChI is InChI=1S/C20H26N2O2S/c1-13(2)19(16-9-7-6-8-14(16)3)22-20(25)21-15-10-11-17(23-4)18(12-15)24-5/h6-13,19H,1-5H3,(H2,21,22,25). The molecule has 0 aliphatic rings. The first-order valence-electron chi connectivity index (χ1n) is 8.31. The van der Waals surface area contributed by atoms with E-state index in [4.69, 9.17) is 21.7 Å². The zero-order valence-corrected chi connectivity index (χ0v) is 16.2. The molecule has 0 aliphatic carbocycles. The number of thiocarbonyl (C=S) groups is 1. The molecule has 1 unspecified atom stereocenters. The van der Waals surface area contributed by atoms with E-state index in [0.717, 1.165) is 5.69 Å². The average molecular weight is 359 g/mol. The van der Waals surface area contributed by atoms with Gasteiger partial charge < -0.3 is 20.1 Å². The Morgan fingerprint density at radius 3 is 2.28 bits per heavy atom. The predicted molar refractivity (Wildman–Crippen MR) is 108 cm³/mol. The summed E-state index contributed by atoms with van der Waals surface area (Å²) in [5, 5.41) is 7.24. The van der Waals surface area contributed by atoms with Crippen molar-refractivity contribution in [2.75, 3.05) is 19.5 Å². The molecule has 2 N–H and O–H groups in total. The van der Waals surface area contributed by atoms with Crippen molar-refractivity contribution in [3.8, 4) is 11.5 Å². The van der Waals surface area contributed by atoms with Gasteiger partial charge in [0.1, 0.15) is 0 Å². The van der Waals surface area contributed by atoms with Crippen LogP contribution in [0, 0.1) is 12.8 Å². The maximum Gasteiger partial charge on any atom is 0.171 e. The SMILES string of the molecule is COc1ccc(NC(=S)NC(c2ccccc2C)C(C)C)cc1OC. The van der Waals surface area contributed by atoms with E-state index in [1.165, 1.54) is 11.1 Å². The molecule has 4 nitrogen and oxygen atoms in total. The Kier molecular flexibility index (Phi) is 6.65. The molecule has 25 heavy (non-hydrogen) atoms. The van der Waals surface area contributed by atoms with Crippen molar-refractivity contribution in [1.29, 1.82) is 0 Å². The second-order valence-electron chi connectivity index (χ2n) is 6.25. The highest BCUT2D eigenvalue weighted by Crippen LogP contribution is 2.30. The summed E-state index contributed by atoms with van der Waals surface area (Å²) in [5.41, 5.74) is 3.36. The van der Waals surface area contributed by atoms with E-state index in [9.17, 15) is 0 Å². The summed E-state index contributed by atoms with van der Waals surface area (Å²) in [6.45, 7) is 6.49. The second-order valence-corrected chi connectivity index (χ2v) is 6.65. The molecule has 0 aromatic heterocycles. The molecular formula is C20H26N2O2S. The lowest BCUT2D eigenvalue weighted by atomic mass is 9.93. The molecule has 0 saturated heterocycles. The maximum absolute atomic E-state index is 5.52. The van der Waals surface area contributed by atoms with Crippen LogP contribution in [0.15, 0.2) is 42.5 Å². The van der Waals surface area contributed by atoms with Crippen molar-refractivity contribution in [2.45, 2.75) is 26.8 Å². The van der Waals surface area contributed by atoms with Crippen molar-refractivity contribution in [3.05, 3.63) is 53.6 Å². The zero-order valence-electron chi connectivity index (χ0n) is 15.4. The number of methoxy groups -OCH3 is 2. The van der Waals surface area contributed by atoms with Crippen molar-refractivity contribution in [1.82, 2.24) is 5.32 Å². The van der Waals surface area contributed by atoms with E-state index in [2.05, 4.69) is 55.7 Å². The van der Waals surface area contributed by atoms with Gasteiger partial charge in [-0.05, 0) is 48.3 Å². The minimum atomic E-state index is 0.140. The molecule has 2 rings (SSSR count). The predicted octanol–water partition coefficient (Wildman–Crippen LogP) is 4.70. The first-order valence-corrected chi connectivity index (χ1v) is 8.72. The highest BCUT2D eigenvalue weighted by molar-refractivity contribution is 7.80. The number of rotatable bonds is 6. The highest BCUT2D eigenvalue weighted by Gasteiger charge is 2.18. The first kappa shape index (κ1) is 19.1. The molecule has 0 fully saturated rings. The average Bonchev–Trinajstić information content (AvgIpc) is 2.60. The summed E-state index contributed by atoms with van der Waals surface area (Å²) < 4.78 is 10.6. The first-order chi connectivity index (χ1) is 12.0. The third-order valence-corrected chi connectivity index (χ3v) is 4.34.